The van der Waals surface area contributed by atoms with Gasteiger partial charge in [0.25, 0.3) is 0 Å². The normalized spacial score (nSPS) is 15.3. The molecule has 78 heavy (non-hydrogen) atoms. The highest BCUT2D eigenvalue weighted by atomic mass is 32.2. The third-order valence-corrected chi connectivity index (χ3v) is 19.6. The highest BCUT2D eigenvalue weighted by Gasteiger charge is 2.55. The summed E-state index contributed by atoms with van der Waals surface area (Å²) in [6, 6.07) is 103. The summed E-state index contributed by atoms with van der Waals surface area (Å²) < 4.78 is 6.77. The first-order valence-corrected chi connectivity index (χ1v) is 28.0. The lowest BCUT2D eigenvalue weighted by atomic mass is 9.66. The van der Waals surface area contributed by atoms with Gasteiger partial charge in [0.1, 0.15) is 11.5 Å². The van der Waals surface area contributed by atoms with Crippen molar-refractivity contribution >= 4 is 28.8 Å². The van der Waals surface area contributed by atoms with Crippen molar-refractivity contribution in [3.05, 3.63) is 340 Å². The molecule has 0 saturated carbocycles. The first-order valence-electron chi connectivity index (χ1n) is 27.2. The maximum absolute atomic E-state index is 6.77. The van der Waals surface area contributed by atoms with E-state index in [2.05, 4.69) is 278 Å². The predicted molar refractivity (Wildman–Crippen MR) is 316 cm³/mol. The van der Waals surface area contributed by atoms with Crippen molar-refractivity contribution in [2.45, 2.75) is 26.0 Å². The van der Waals surface area contributed by atoms with Gasteiger partial charge in [-0.1, -0.05) is 230 Å². The number of rotatable bonds is 3. The van der Waals surface area contributed by atoms with Crippen molar-refractivity contribution in [2.75, 3.05) is 4.90 Å². The van der Waals surface area contributed by atoms with Crippen LogP contribution in [0.15, 0.2) is 283 Å². The number of hydrogen-bond donors (Lipinski definition) is 0. The second-order valence-electron chi connectivity index (χ2n) is 21.7. The van der Waals surface area contributed by atoms with Crippen LogP contribution >= 0.6 is 11.8 Å². The van der Waals surface area contributed by atoms with Crippen LogP contribution in [0.4, 0.5) is 17.1 Å². The molecule has 18 rings (SSSR count). The van der Waals surface area contributed by atoms with E-state index in [1.807, 2.05) is 11.8 Å². The van der Waals surface area contributed by atoms with Gasteiger partial charge >= 0.3 is 0 Å². The maximum Gasteiger partial charge on any atom is 0.132 e. The fourth-order valence-corrected chi connectivity index (χ4v) is 16.9. The molecule has 0 saturated heterocycles. The van der Waals surface area contributed by atoms with Crippen molar-refractivity contribution in [2.24, 2.45) is 0 Å². The zero-order chi connectivity index (χ0) is 50.9. The molecule has 4 aliphatic carbocycles. The Morgan fingerprint density at radius 1 is 0.256 bits per heavy atom. The lowest BCUT2D eigenvalue weighted by molar-refractivity contribution is 0.436. The lowest BCUT2D eigenvalue weighted by Gasteiger charge is -2.40. The zero-order valence-corrected chi connectivity index (χ0v) is 43.1. The molecular weight excluding hydrogens is 963 g/mol. The van der Waals surface area contributed by atoms with Crippen LogP contribution in [0.2, 0.25) is 0 Å². The summed E-state index contributed by atoms with van der Waals surface area (Å²) in [5.41, 5.74) is 27.3. The van der Waals surface area contributed by atoms with E-state index in [0.717, 1.165) is 39.7 Å². The molecule has 2 heterocycles. The predicted octanol–water partition coefficient (Wildman–Crippen LogP) is 18.8. The first kappa shape index (κ1) is 42.8. The molecule has 362 valence electrons. The number of benzene rings is 12. The minimum absolute atomic E-state index is 0.509. The Morgan fingerprint density at radius 3 is 1.19 bits per heavy atom. The van der Waals surface area contributed by atoms with Crippen LogP contribution in [-0.2, 0) is 16.2 Å². The van der Waals surface area contributed by atoms with Gasteiger partial charge in [-0.25, -0.2) is 0 Å². The van der Waals surface area contributed by atoms with E-state index in [-0.39, 0.29) is 0 Å². The van der Waals surface area contributed by atoms with Crippen LogP contribution < -0.4 is 9.64 Å². The van der Waals surface area contributed by atoms with E-state index in [1.165, 1.54) is 110 Å². The van der Waals surface area contributed by atoms with Crippen LogP contribution in [0.1, 0.15) is 66.8 Å². The number of para-hydroxylation sites is 2. The number of nitrogens with zero attached hydrogens (tertiary/aromatic N) is 1. The van der Waals surface area contributed by atoms with Gasteiger partial charge in [0.2, 0.25) is 0 Å². The summed E-state index contributed by atoms with van der Waals surface area (Å²) in [6.45, 7) is 0. The average Bonchev–Trinajstić information content (AvgIpc) is 4.35. The summed E-state index contributed by atoms with van der Waals surface area (Å²) in [5.74, 6) is 1.79. The smallest absolute Gasteiger partial charge is 0.132 e. The monoisotopic (exact) mass is 1010 g/mol. The van der Waals surface area contributed by atoms with Crippen molar-refractivity contribution in [3.8, 4) is 56.0 Å². The number of ether oxygens (including phenoxy) is 1. The van der Waals surface area contributed by atoms with E-state index >= 15 is 0 Å². The van der Waals surface area contributed by atoms with E-state index < -0.39 is 16.2 Å². The molecule has 0 aromatic heterocycles. The van der Waals surface area contributed by atoms with Crippen molar-refractivity contribution < 1.29 is 4.74 Å². The molecule has 0 radical (unpaired) electrons. The lowest BCUT2D eigenvalue weighted by Crippen LogP contribution is -2.32. The quantitative estimate of drug-likeness (QED) is 0.175. The summed E-state index contributed by atoms with van der Waals surface area (Å²) in [6.07, 6.45) is 0. The fraction of sp³-hybridized carbons (Fsp3) is 0.0400. The third kappa shape index (κ3) is 5.07. The molecule has 0 N–H and O–H groups in total. The highest BCUT2D eigenvalue weighted by molar-refractivity contribution is 7.99. The van der Waals surface area contributed by atoms with Crippen LogP contribution in [0.25, 0.3) is 44.5 Å². The van der Waals surface area contributed by atoms with E-state index in [1.54, 1.807) is 0 Å². The average molecular weight is 1010 g/mol. The third-order valence-electron chi connectivity index (χ3n) is 18.4. The van der Waals surface area contributed by atoms with Crippen LogP contribution in [0.3, 0.4) is 0 Å². The van der Waals surface area contributed by atoms with E-state index in [4.69, 9.17) is 4.74 Å². The minimum Gasteiger partial charge on any atom is -0.457 e. The first-order chi connectivity index (χ1) is 38.7. The Hall–Kier alpha value is -9.41. The van der Waals surface area contributed by atoms with Crippen molar-refractivity contribution in [1.29, 1.82) is 0 Å². The Bertz CT molecular complexity index is 4480. The topological polar surface area (TPSA) is 12.5 Å². The molecule has 12 aromatic rings. The van der Waals surface area contributed by atoms with Gasteiger partial charge in [-0.05, 0) is 149 Å². The molecule has 2 aliphatic heterocycles. The second-order valence-corrected chi connectivity index (χ2v) is 22.7. The molecule has 0 atom stereocenters. The van der Waals surface area contributed by atoms with Gasteiger partial charge in [-0.2, -0.15) is 0 Å². The van der Waals surface area contributed by atoms with Crippen molar-refractivity contribution in [3.63, 3.8) is 0 Å². The molecule has 3 spiro atoms. The summed E-state index contributed by atoms with van der Waals surface area (Å²) in [5, 5.41) is 0. The molecule has 0 fully saturated rings. The van der Waals surface area contributed by atoms with E-state index in [0.29, 0.717) is 0 Å². The van der Waals surface area contributed by atoms with Gasteiger partial charge in [-0.3, -0.25) is 0 Å². The van der Waals surface area contributed by atoms with Crippen LogP contribution in [-0.4, -0.2) is 0 Å². The van der Waals surface area contributed by atoms with Gasteiger partial charge in [0, 0.05) is 37.9 Å². The maximum atomic E-state index is 6.77. The molecule has 6 aliphatic rings. The molecular formula is C75H45NOS. The Morgan fingerprint density at radius 2 is 0.628 bits per heavy atom. The Labute approximate surface area is 457 Å². The highest BCUT2D eigenvalue weighted by Crippen LogP contribution is 2.68. The Kier molecular flexibility index (Phi) is 8.43. The molecule has 0 unspecified atom stereocenters. The van der Waals surface area contributed by atoms with Gasteiger partial charge in [0.15, 0.2) is 0 Å². The van der Waals surface area contributed by atoms with E-state index in [9.17, 15) is 0 Å². The summed E-state index contributed by atoms with van der Waals surface area (Å²) >= 11 is 1.89. The van der Waals surface area contributed by atoms with Gasteiger partial charge in [-0.15, -0.1) is 0 Å². The summed E-state index contributed by atoms with van der Waals surface area (Å²) in [7, 11) is 0. The number of hydrogen-bond acceptors (Lipinski definition) is 3. The number of fused-ring (bicyclic) bond motifs is 28. The molecule has 2 nitrogen and oxygen atoms in total. The Balaban J connectivity index is 0.948. The van der Waals surface area contributed by atoms with Crippen molar-refractivity contribution in [1.82, 2.24) is 0 Å². The molecule has 12 aromatic carbocycles. The standard InChI is InChI=1S/C75H45NOS/c1-6-25-55-48(20-1)49-21-2-7-26-56(49)73(55)59-29-10-5-24-53(59)72-65(73)34-19-35-67(72)76(46-41-43-60-54(44-46)51-23-4-9-28-58(51)74(60)61-30-11-15-36-68(61)77-69-37-16-12-31-62(69)74)47-40-42-52-50-22-3-8-27-57(50)75(66(52)45-47)63-32-13-17-38-70(63)78-71-39-18-14-33-64(71)75/h1-45H. The molecule has 0 bridgehead atoms. The zero-order valence-electron chi connectivity index (χ0n) is 42.2. The number of anilines is 3. The largest absolute Gasteiger partial charge is 0.457 e. The minimum atomic E-state index is -0.588. The summed E-state index contributed by atoms with van der Waals surface area (Å²) in [4.78, 5) is 5.19. The van der Waals surface area contributed by atoms with Crippen LogP contribution in [0.5, 0.6) is 11.5 Å². The SMILES string of the molecule is c1ccc2c(c1)Oc1ccccc1C21c2ccccc2-c2cc(N(c3ccc4c(c3)C3(c5ccccc5Sc5ccccc53)c3ccccc3-4)c3cccc4c3-c3ccccc3C43c4ccccc4-c4ccccc43)ccc21. The van der Waals surface area contributed by atoms with Gasteiger partial charge in [0.05, 0.1) is 21.9 Å². The van der Waals surface area contributed by atoms with Gasteiger partial charge < -0.3 is 9.64 Å². The second kappa shape index (κ2) is 15.4. The fourth-order valence-electron chi connectivity index (χ4n) is 15.7. The molecule has 0 amide bonds. The molecule has 3 heteroatoms. The van der Waals surface area contributed by atoms with Crippen LogP contribution in [0, 0.1) is 0 Å².